The van der Waals surface area contributed by atoms with Crippen LogP contribution in [0.5, 0.6) is 0 Å². The molecule has 0 unspecified atom stereocenters. The van der Waals surface area contributed by atoms with Crippen LogP contribution in [0.2, 0.25) is 0 Å². The minimum atomic E-state index is -0.293. The van der Waals surface area contributed by atoms with E-state index in [1.165, 1.54) is 19.2 Å². The molecule has 0 aliphatic carbocycles. The zero-order valence-corrected chi connectivity index (χ0v) is 14.3. The number of aromatic nitrogens is 2. The summed E-state index contributed by atoms with van der Waals surface area (Å²) in [7, 11) is 1.54. The lowest BCUT2D eigenvalue weighted by Crippen LogP contribution is -2.40. The van der Waals surface area contributed by atoms with Gasteiger partial charge in [-0.15, -0.1) is 0 Å². The first-order valence-electron chi connectivity index (χ1n) is 8.51. The van der Waals surface area contributed by atoms with Crippen LogP contribution in [0.4, 0.5) is 4.39 Å². The van der Waals surface area contributed by atoms with Gasteiger partial charge in [-0.1, -0.05) is 5.16 Å². The van der Waals surface area contributed by atoms with E-state index < -0.39 is 0 Å². The maximum Gasteiger partial charge on any atom is 0.257 e. The smallest absolute Gasteiger partial charge is 0.257 e. The quantitative estimate of drug-likeness (QED) is 0.804. The number of rotatable bonds is 6. The fourth-order valence-corrected chi connectivity index (χ4v) is 3.08. The van der Waals surface area contributed by atoms with Crippen molar-refractivity contribution < 1.29 is 18.4 Å². The van der Waals surface area contributed by atoms with Crippen molar-refractivity contribution >= 4 is 5.91 Å². The first-order valence-corrected chi connectivity index (χ1v) is 8.51. The van der Waals surface area contributed by atoms with E-state index in [4.69, 9.17) is 9.26 Å². The van der Waals surface area contributed by atoms with Crippen molar-refractivity contribution in [1.29, 1.82) is 0 Å². The molecular weight excluding hydrogens is 325 g/mol. The molecule has 25 heavy (non-hydrogen) atoms. The molecule has 2 heterocycles. The number of hydrogen-bond donors (Lipinski definition) is 0. The lowest BCUT2D eigenvalue weighted by Gasteiger charge is -2.31. The van der Waals surface area contributed by atoms with E-state index >= 15 is 0 Å². The normalized spacial score (nSPS) is 15.5. The van der Waals surface area contributed by atoms with Crippen LogP contribution in [0, 0.1) is 11.7 Å². The number of hydrogen-bond acceptors (Lipinski definition) is 5. The number of amides is 1. The Hall–Kier alpha value is -2.28. The summed E-state index contributed by atoms with van der Waals surface area (Å²) in [6.07, 6.45) is 3.67. The second-order valence-electron chi connectivity index (χ2n) is 6.32. The standard InChI is InChI=1S/C18H22FN3O3/c1-24-12-17(23)22-10-8-13(9-11-22)2-7-16-20-18(25-21-16)14-3-5-15(19)6-4-14/h3-6,13H,2,7-12H2,1H3. The van der Waals surface area contributed by atoms with Crippen LogP contribution in [0.1, 0.15) is 25.1 Å². The molecule has 0 bridgehead atoms. The van der Waals surface area contributed by atoms with E-state index in [1.807, 2.05) is 4.90 Å². The number of aryl methyl sites for hydroxylation is 1. The fourth-order valence-electron chi connectivity index (χ4n) is 3.08. The highest BCUT2D eigenvalue weighted by atomic mass is 19.1. The Balaban J connectivity index is 1.47. The van der Waals surface area contributed by atoms with E-state index in [9.17, 15) is 9.18 Å². The number of piperidine rings is 1. The summed E-state index contributed by atoms with van der Waals surface area (Å²) in [5.41, 5.74) is 0.713. The number of benzene rings is 1. The van der Waals surface area contributed by atoms with Crippen molar-refractivity contribution in [3.05, 3.63) is 35.9 Å². The van der Waals surface area contributed by atoms with Crippen LogP contribution in [0.15, 0.2) is 28.8 Å². The number of methoxy groups -OCH3 is 1. The fraction of sp³-hybridized carbons (Fsp3) is 0.500. The molecule has 134 valence electrons. The summed E-state index contributed by atoms with van der Waals surface area (Å²) < 4.78 is 23.1. The van der Waals surface area contributed by atoms with Crippen molar-refractivity contribution in [2.45, 2.75) is 25.7 Å². The third-order valence-electron chi connectivity index (χ3n) is 4.57. The molecule has 1 aromatic heterocycles. The maximum atomic E-state index is 13.0. The van der Waals surface area contributed by atoms with Crippen molar-refractivity contribution in [2.24, 2.45) is 5.92 Å². The third kappa shape index (κ3) is 4.63. The van der Waals surface area contributed by atoms with Gasteiger partial charge >= 0.3 is 0 Å². The largest absolute Gasteiger partial charge is 0.375 e. The summed E-state index contributed by atoms with van der Waals surface area (Å²) >= 11 is 0. The number of carbonyl (C=O) groups is 1. The Labute approximate surface area is 146 Å². The molecule has 3 rings (SSSR count). The molecule has 0 radical (unpaired) electrons. The lowest BCUT2D eigenvalue weighted by atomic mass is 9.92. The van der Waals surface area contributed by atoms with E-state index in [0.29, 0.717) is 23.2 Å². The zero-order valence-electron chi connectivity index (χ0n) is 14.3. The molecule has 7 heteroatoms. The van der Waals surface area contributed by atoms with Crippen LogP contribution in [-0.2, 0) is 16.0 Å². The molecule has 1 amide bonds. The van der Waals surface area contributed by atoms with Crippen LogP contribution < -0.4 is 0 Å². The van der Waals surface area contributed by atoms with E-state index in [1.54, 1.807) is 12.1 Å². The first-order chi connectivity index (χ1) is 12.2. The number of ether oxygens (including phenoxy) is 1. The van der Waals surface area contributed by atoms with Gasteiger partial charge in [0.25, 0.3) is 5.89 Å². The number of carbonyl (C=O) groups excluding carboxylic acids is 1. The molecule has 1 aliphatic heterocycles. The van der Waals surface area contributed by atoms with Crippen LogP contribution in [0.25, 0.3) is 11.5 Å². The third-order valence-corrected chi connectivity index (χ3v) is 4.57. The van der Waals surface area contributed by atoms with Gasteiger partial charge in [-0.2, -0.15) is 4.98 Å². The topological polar surface area (TPSA) is 68.5 Å². The molecule has 1 fully saturated rings. The summed E-state index contributed by atoms with van der Waals surface area (Å²) in [4.78, 5) is 18.0. The zero-order chi connectivity index (χ0) is 17.6. The van der Waals surface area contributed by atoms with Crippen LogP contribution >= 0.6 is 0 Å². The highest BCUT2D eigenvalue weighted by Gasteiger charge is 2.23. The van der Waals surface area contributed by atoms with Gasteiger partial charge in [0.2, 0.25) is 5.91 Å². The van der Waals surface area contributed by atoms with Crippen molar-refractivity contribution in [1.82, 2.24) is 15.0 Å². The van der Waals surface area contributed by atoms with Crippen molar-refractivity contribution in [3.63, 3.8) is 0 Å². The molecule has 1 saturated heterocycles. The number of likely N-dealkylation sites (tertiary alicyclic amines) is 1. The lowest BCUT2D eigenvalue weighted by molar-refractivity contribution is -0.136. The number of nitrogens with zero attached hydrogens (tertiary/aromatic N) is 3. The summed E-state index contributed by atoms with van der Waals surface area (Å²) in [6, 6.07) is 5.99. The predicted molar refractivity (Wildman–Crippen MR) is 89.2 cm³/mol. The molecule has 1 aromatic carbocycles. The van der Waals surface area contributed by atoms with Gasteiger partial charge in [-0.05, 0) is 49.4 Å². The molecule has 6 nitrogen and oxygen atoms in total. The van der Waals surface area contributed by atoms with Gasteiger partial charge in [0.05, 0.1) is 0 Å². The minimum Gasteiger partial charge on any atom is -0.375 e. The maximum absolute atomic E-state index is 13.0. The van der Waals surface area contributed by atoms with Gasteiger partial charge in [-0.25, -0.2) is 4.39 Å². The second kappa shape index (κ2) is 8.20. The minimum absolute atomic E-state index is 0.0584. The van der Waals surface area contributed by atoms with E-state index in [-0.39, 0.29) is 18.3 Å². The highest BCUT2D eigenvalue weighted by molar-refractivity contribution is 5.77. The Morgan fingerprint density at radius 3 is 2.72 bits per heavy atom. The molecular formula is C18H22FN3O3. The monoisotopic (exact) mass is 347 g/mol. The molecule has 0 saturated carbocycles. The average Bonchev–Trinajstić information content (AvgIpc) is 3.10. The highest BCUT2D eigenvalue weighted by Crippen LogP contribution is 2.23. The average molecular weight is 347 g/mol. The van der Waals surface area contributed by atoms with Gasteiger partial charge in [0.15, 0.2) is 5.82 Å². The predicted octanol–water partition coefficient (Wildman–Crippen LogP) is 2.69. The number of halogens is 1. The van der Waals surface area contributed by atoms with Crippen molar-refractivity contribution in [3.8, 4) is 11.5 Å². The van der Waals surface area contributed by atoms with Gasteiger partial charge in [-0.3, -0.25) is 4.79 Å². The SMILES string of the molecule is COCC(=O)N1CCC(CCc2noc(-c3ccc(F)cc3)n2)CC1. The molecule has 0 atom stereocenters. The van der Waals surface area contributed by atoms with Crippen LogP contribution in [0.3, 0.4) is 0 Å². The summed E-state index contributed by atoms with van der Waals surface area (Å²) in [6.45, 7) is 1.71. The molecule has 2 aromatic rings. The van der Waals surface area contributed by atoms with Crippen molar-refractivity contribution in [2.75, 3.05) is 26.8 Å². The summed E-state index contributed by atoms with van der Waals surface area (Å²) in [5, 5.41) is 4.01. The van der Waals surface area contributed by atoms with E-state index in [2.05, 4.69) is 10.1 Å². The molecule has 1 aliphatic rings. The van der Waals surface area contributed by atoms with Gasteiger partial charge in [0.1, 0.15) is 12.4 Å². The molecule has 0 N–H and O–H groups in total. The molecule has 0 spiro atoms. The Bertz CT molecular complexity index is 694. The Kier molecular flexibility index (Phi) is 5.75. The van der Waals surface area contributed by atoms with Gasteiger partial charge < -0.3 is 14.2 Å². The van der Waals surface area contributed by atoms with Crippen LogP contribution in [-0.4, -0.2) is 47.8 Å². The van der Waals surface area contributed by atoms with Gasteiger partial charge in [0, 0.05) is 32.2 Å². The van der Waals surface area contributed by atoms with E-state index in [0.717, 1.165) is 38.8 Å². The second-order valence-corrected chi connectivity index (χ2v) is 6.32. The summed E-state index contributed by atoms with van der Waals surface area (Å²) in [5.74, 6) is 1.40. The Morgan fingerprint density at radius 1 is 1.32 bits per heavy atom. The first kappa shape index (κ1) is 17.5. The Morgan fingerprint density at radius 2 is 2.04 bits per heavy atom.